The van der Waals surface area contributed by atoms with Crippen LogP contribution in [0.1, 0.15) is 85.2 Å². The standard InChI is InChI=1S/2C16H15ClO5/c1-3-4-8-12-10(22-16(20)14(8)17)6-11-13(15(12)19)9(18)5-7(2)21-11;1-3-4-8-12-10(19)6-11-13(9(18)5-7(2)21-11)15(12)22-16(20)14(8)17/h2*6-7,19H,3-5H2,1-2H3. The minimum absolute atomic E-state index is 0.0536. The van der Waals surface area contributed by atoms with Gasteiger partial charge in [-0.05, 0) is 37.8 Å². The molecule has 0 radical (unpaired) electrons. The first-order valence-corrected chi connectivity index (χ1v) is 15.0. The molecule has 0 amide bonds. The summed E-state index contributed by atoms with van der Waals surface area (Å²) in [6.07, 6.45) is 2.28. The predicted octanol–water partition coefficient (Wildman–Crippen LogP) is 6.92. The molecule has 0 aliphatic carbocycles. The zero-order chi connectivity index (χ0) is 32.0. The van der Waals surface area contributed by atoms with E-state index >= 15 is 0 Å². The first-order chi connectivity index (χ1) is 20.9. The van der Waals surface area contributed by atoms with Crippen LogP contribution in [0.4, 0.5) is 0 Å². The molecular weight excluding hydrogens is 615 g/mol. The van der Waals surface area contributed by atoms with Crippen molar-refractivity contribution in [3.05, 3.63) is 65.3 Å². The van der Waals surface area contributed by atoms with Crippen molar-refractivity contribution in [1.29, 1.82) is 0 Å². The van der Waals surface area contributed by atoms with Gasteiger partial charge in [-0.1, -0.05) is 49.9 Å². The molecule has 2 aliphatic heterocycles. The Labute approximate surface area is 261 Å². The van der Waals surface area contributed by atoms with Gasteiger partial charge in [0.05, 0.1) is 10.8 Å². The average Bonchev–Trinajstić information content (AvgIpc) is 2.93. The second kappa shape index (κ2) is 12.2. The number of aromatic hydroxyl groups is 2. The number of ether oxygens (including phenoxy) is 2. The molecule has 6 rings (SSSR count). The summed E-state index contributed by atoms with van der Waals surface area (Å²) in [6.45, 7) is 7.40. The number of hydrogen-bond acceptors (Lipinski definition) is 10. The van der Waals surface area contributed by atoms with E-state index in [1.807, 2.05) is 13.8 Å². The summed E-state index contributed by atoms with van der Waals surface area (Å²) in [4.78, 5) is 48.4. The summed E-state index contributed by atoms with van der Waals surface area (Å²) in [6, 6.07) is 2.87. The number of carbonyl (C=O) groups is 2. The summed E-state index contributed by atoms with van der Waals surface area (Å²) in [5.41, 5.74) is 0.207. The van der Waals surface area contributed by atoms with Gasteiger partial charge in [0.1, 0.15) is 62.0 Å². The summed E-state index contributed by atoms with van der Waals surface area (Å²) in [5, 5.41) is 21.4. The normalized spacial score (nSPS) is 17.4. The van der Waals surface area contributed by atoms with E-state index in [0.29, 0.717) is 34.7 Å². The van der Waals surface area contributed by atoms with Crippen molar-refractivity contribution in [2.24, 2.45) is 0 Å². The minimum Gasteiger partial charge on any atom is -0.507 e. The third kappa shape index (κ3) is 5.41. The molecule has 2 N–H and O–H groups in total. The fourth-order valence-electron chi connectivity index (χ4n) is 5.69. The van der Waals surface area contributed by atoms with Gasteiger partial charge < -0.3 is 28.5 Å². The van der Waals surface area contributed by atoms with Gasteiger partial charge in [0, 0.05) is 25.0 Å². The molecule has 0 spiro atoms. The van der Waals surface area contributed by atoms with E-state index in [9.17, 15) is 29.4 Å². The average molecular weight is 645 g/mol. The Morgan fingerprint density at radius 2 is 1.25 bits per heavy atom. The fourth-order valence-corrected chi connectivity index (χ4v) is 6.14. The number of rotatable bonds is 4. The molecule has 44 heavy (non-hydrogen) atoms. The molecule has 0 fully saturated rings. The summed E-state index contributed by atoms with van der Waals surface area (Å²) in [7, 11) is 0. The second-order valence-electron chi connectivity index (χ2n) is 10.9. The first-order valence-electron chi connectivity index (χ1n) is 14.3. The maximum absolute atomic E-state index is 12.3. The number of Topliss-reactive ketones (excluding diaryl/α,β-unsaturated/α-hetero) is 2. The highest BCUT2D eigenvalue weighted by Gasteiger charge is 2.32. The van der Waals surface area contributed by atoms with E-state index in [-0.39, 0.29) is 92.0 Å². The molecule has 2 aliphatic rings. The Morgan fingerprint density at radius 1 is 0.750 bits per heavy atom. The first kappa shape index (κ1) is 31.4. The maximum Gasteiger partial charge on any atom is 0.355 e. The number of aryl methyl sites for hydroxylation is 2. The molecule has 12 heteroatoms. The zero-order valence-electron chi connectivity index (χ0n) is 24.5. The summed E-state index contributed by atoms with van der Waals surface area (Å²) >= 11 is 12.1. The molecular formula is C32H30Cl2O10. The lowest BCUT2D eigenvalue weighted by atomic mass is 9.95. The Morgan fingerprint density at radius 3 is 1.82 bits per heavy atom. The molecule has 0 saturated heterocycles. The topological polar surface area (TPSA) is 153 Å². The van der Waals surface area contributed by atoms with E-state index in [1.54, 1.807) is 13.8 Å². The predicted molar refractivity (Wildman–Crippen MR) is 164 cm³/mol. The molecule has 0 bridgehead atoms. The van der Waals surface area contributed by atoms with Crippen LogP contribution in [0.2, 0.25) is 10.0 Å². The van der Waals surface area contributed by atoms with Crippen molar-refractivity contribution in [1.82, 2.24) is 0 Å². The van der Waals surface area contributed by atoms with Gasteiger partial charge in [0.15, 0.2) is 17.1 Å². The number of ketones is 2. The van der Waals surface area contributed by atoms with E-state index in [0.717, 1.165) is 12.8 Å². The van der Waals surface area contributed by atoms with Crippen LogP contribution in [0.25, 0.3) is 21.9 Å². The molecule has 4 heterocycles. The minimum atomic E-state index is -0.711. The number of phenolic OH excluding ortho intramolecular Hbond substituents is 2. The monoisotopic (exact) mass is 644 g/mol. The van der Waals surface area contributed by atoms with Gasteiger partial charge >= 0.3 is 11.3 Å². The zero-order valence-corrected chi connectivity index (χ0v) is 26.0. The smallest absolute Gasteiger partial charge is 0.355 e. The van der Waals surface area contributed by atoms with Crippen molar-refractivity contribution >= 4 is 56.7 Å². The molecule has 4 aromatic rings. The highest BCUT2D eigenvalue weighted by atomic mass is 35.5. The van der Waals surface area contributed by atoms with Gasteiger partial charge in [-0.2, -0.15) is 0 Å². The van der Waals surface area contributed by atoms with Crippen LogP contribution in [0.15, 0.2) is 30.6 Å². The van der Waals surface area contributed by atoms with E-state index < -0.39 is 11.3 Å². The van der Waals surface area contributed by atoms with Crippen molar-refractivity contribution in [2.75, 3.05) is 0 Å². The lowest BCUT2D eigenvalue weighted by Gasteiger charge is -2.24. The van der Waals surface area contributed by atoms with Crippen LogP contribution in [-0.4, -0.2) is 34.0 Å². The van der Waals surface area contributed by atoms with Crippen molar-refractivity contribution < 1.29 is 38.1 Å². The van der Waals surface area contributed by atoms with E-state index in [4.69, 9.17) is 41.5 Å². The van der Waals surface area contributed by atoms with Crippen molar-refractivity contribution in [3.8, 4) is 23.0 Å². The van der Waals surface area contributed by atoms with E-state index in [2.05, 4.69) is 0 Å². The molecule has 2 aromatic heterocycles. The van der Waals surface area contributed by atoms with Crippen LogP contribution >= 0.6 is 23.2 Å². The number of fused-ring (bicyclic) bond motifs is 5. The Hall–Kier alpha value is -4.02. The van der Waals surface area contributed by atoms with Crippen LogP contribution in [0.3, 0.4) is 0 Å². The van der Waals surface area contributed by atoms with E-state index in [1.165, 1.54) is 12.1 Å². The SMILES string of the molecule is CCCc1c(Cl)c(=O)oc2c3c(cc(O)c12)OC(C)CC3=O.CCCc1c(Cl)c(=O)oc2cc3c(c(O)c12)C(=O)CC(C)O3. The van der Waals surface area contributed by atoms with Crippen molar-refractivity contribution in [3.63, 3.8) is 0 Å². The number of hydrogen-bond donors (Lipinski definition) is 2. The number of halogens is 2. The summed E-state index contributed by atoms with van der Waals surface area (Å²) < 4.78 is 21.5. The van der Waals surface area contributed by atoms with Crippen LogP contribution in [-0.2, 0) is 12.8 Å². The molecule has 2 aromatic carbocycles. The third-order valence-electron chi connectivity index (χ3n) is 7.50. The quantitative estimate of drug-likeness (QED) is 0.224. The van der Waals surface area contributed by atoms with Gasteiger partial charge in [0.2, 0.25) is 0 Å². The Balaban J connectivity index is 0.000000175. The molecule has 2 unspecified atom stereocenters. The summed E-state index contributed by atoms with van der Waals surface area (Å²) in [5.74, 6) is -0.226. The van der Waals surface area contributed by atoms with Crippen molar-refractivity contribution in [2.45, 2.75) is 78.4 Å². The highest BCUT2D eigenvalue weighted by Crippen LogP contribution is 2.43. The largest absolute Gasteiger partial charge is 0.507 e. The van der Waals surface area contributed by atoms with Gasteiger partial charge in [0.25, 0.3) is 0 Å². The van der Waals surface area contributed by atoms with Gasteiger partial charge in [-0.15, -0.1) is 0 Å². The fraction of sp³-hybridized carbons (Fsp3) is 0.375. The lowest BCUT2D eigenvalue weighted by Crippen LogP contribution is -2.24. The molecule has 232 valence electrons. The number of phenols is 2. The van der Waals surface area contributed by atoms with Crippen LogP contribution in [0.5, 0.6) is 23.0 Å². The van der Waals surface area contributed by atoms with Gasteiger partial charge in [-0.25, -0.2) is 9.59 Å². The lowest BCUT2D eigenvalue weighted by molar-refractivity contribution is 0.0858. The second-order valence-corrected chi connectivity index (χ2v) is 11.7. The Kier molecular flexibility index (Phi) is 8.68. The van der Waals surface area contributed by atoms with Crippen LogP contribution in [0, 0.1) is 0 Å². The van der Waals surface area contributed by atoms with Crippen LogP contribution < -0.4 is 20.7 Å². The third-order valence-corrected chi connectivity index (χ3v) is 8.27. The molecule has 2 atom stereocenters. The highest BCUT2D eigenvalue weighted by molar-refractivity contribution is 6.32. The Bertz CT molecular complexity index is 1930. The molecule has 0 saturated carbocycles. The van der Waals surface area contributed by atoms with Gasteiger partial charge in [-0.3, -0.25) is 9.59 Å². The number of carbonyl (C=O) groups excluding carboxylic acids is 2. The number of benzene rings is 2. The maximum atomic E-state index is 12.3. The molecule has 10 nitrogen and oxygen atoms in total.